The molecule has 15 nitrogen and oxygen atoms in total. The van der Waals surface area contributed by atoms with Crippen molar-refractivity contribution in [2.45, 2.75) is 168 Å². The highest BCUT2D eigenvalue weighted by molar-refractivity contribution is 14.1. The first-order valence-electron chi connectivity index (χ1n) is 20.6. The highest BCUT2D eigenvalue weighted by atomic mass is 127. The Morgan fingerprint density at radius 2 is 1.34 bits per heavy atom. The lowest BCUT2D eigenvalue weighted by Gasteiger charge is -2.29. The van der Waals surface area contributed by atoms with E-state index in [2.05, 4.69) is 49.2 Å². The van der Waals surface area contributed by atoms with Crippen molar-refractivity contribution in [3.05, 3.63) is 33.4 Å². The van der Waals surface area contributed by atoms with Crippen molar-refractivity contribution in [1.29, 1.82) is 0 Å². The quantitative estimate of drug-likeness (QED) is 0.0472. The number of Topliss-reactive ketones (excluding diaryl/α,β-unsaturated/α-hetero) is 1. The normalized spacial score (nSPS) is 17.3. The van der Waals surface area contributed by atoms with Gasteiger partial charge in [0.25, 0.3) is 0 Å². The van der Waals surface area contributed by atoms with Gasteiger partial charge in [-0.1, -0.05) is 12.1 Å². The van der Waals surface area contributed by atoms with Gasteiger partial charge in [0.15, 0.2) is 5.78 Å². The number of alkyl carbamates (subject to hydrolysis) is 1. The lowest BCUT2D eigenvalue weighted by atomic mass is 9.81. The van der Waals surface area contributed by atoms with Gasteiger partial charge in [0.05, 0.1) is 6.04 Å². The van der Waals surface area contributed by atoms with E-state index in [1.165, 1.54) is 6.92 Å². The number of ether oxygens (including phenoxy) is 3. The number of unbranched alkanes of at least 4 members (excludes halogenated alkanes) is 1. The number of hydrogen-bond acceptors (Lipinski definition) is 10. The summed E-state index contributed by atoms with van der Waals surface area (Å²) in [6.07, 6.45) is 3.67. The van der Waals surface area contributed by atoms with Gasteiger partial charge < -0.3 is 40.8 Å². The molecule has 1 aliphatic rings. The monoisotopic (exact) mass is 941 g/mol. The second-order valence-corrected chi connectivity index (χ2v) is 19.5. The third-order valence-electron chi connectivity index (χ3n) is 9.18. The number of carbonyl (C=O) groups excluding carboxylic acids is 7. The molecule has 332 valence electrons. The smallest absolute Gasteiger partial charge is 0.407 e. The Bertz CT molecular complexity index is 1590. The average molecular weight is 942 g/mol. The van der Waals surface area contributed by atoms with Crippen molar-refractivity contribution in [2.24, 2.45) is 11.8 Å². The SMILES string of the molecule is CC(=O)[C@H](CCCCNC(=O)[C@H](Cc1cccc(I)c1)NC(=O)[C@H]1CC[C@H](CNC(=O)OC(C)(C)C)CC1)NC(=O)N[C@@H](CCC(=O)OC(C)(C)C)C(=O)OC(C)(C)C. The number of ketones is 1. The zero-order chi connectivity index (χ0) is 44.6. The number of carbonyl (C=O) groups is 7. The van der Waals surface area contributed by atoms with Crippen LogP contribution in [0.3, 0.4) is 0 Å². The van der Waals surface area contributed by atoms with Crippen LogP contribution in [0.5, 0.6) is 0 Å². The van der Waals surface area contributed by atoms with E-state index >= 15 is 0 Å². The molecule has 59 heavy (non-hydrogen) atoms. The first kappa shape index (κ1) is 51.2. The number of urea groups is 1. The van der Waals surface area contributed by atoms with E-state index in [0.29, 0.717) is 38.6 Å². The summed E-state index contributed by atoms with van der Waals surface area (Å²) in [5.41, 5.74) is -1.23. The van der Waals surface area contributed by atoms with E-state index < -0.39 is 59.0 Å². The second kappa shape index (κ2) is 23.7. The van der Waals surface area contributed by atoms with Crippen LogP contribution in [0.15, 0.2) is 24.3 Å². The number of halogens is 1. The largest absolute Gasteiger partial charge is 0.460 e. The highest BCUT2D eigenvalue weighted by Gasteiger charge is 2.32. The van der Waals surface area contributed by atoms with Gasteiger partial charge >= 0.3 is 24.1 Å². The zero-order valence-corrected chi connectivity index (χ0v) is 38.8. The minimum absolute atomic E-state index is 0.0666. The molecule has 5 amide bonds. The van der Waals surface area contributed by atoms with Crippen LogP contribution in [0.4, 0.5) is 9.59 Å². The van der Waals surface area contributed by atoms with Crippen LogP contribution in [-0.2, 0) is 44.6 Å². The van der Waals surface area contributed by atoms with E-state index in [1.54, 1.807) is 41.5 Å². The fourth-order valence-corrected chi connectivity index (χ4v) is 7.00. The van der Waals surface area contributed by atoms with Gasteiger partial charge in [0.1, 0.15) is 28.9 Å². The second-order valence-electron chi connectivity index (χ2n) is 18.3. The summed E-state index contributed by atoms with van der Waals surface area (Å²) in [5.74, 6) is -2.07. The maximum Gasteiger partial charge on any atom is 0.407 e. The predicted octanol–water partition coefficient (Wildman–Crippen LogP) is 6.03. The van der Waals surface area contributed by atoms with Crippen molar-refractivity contribution in [1.82, 2.24) is 26.6 Å². The lowest BCUT2D eigenvalue weighted by Crippen LogP contribution is -2.52. The van der Waals surface area contributed by atoms with Gasteiger partial charge in [-0.2, -0.15) is 0 Å². The van der Waals surface area contributed by atoms with Gasteiger partial charge in [-0.15, -0.1) is 0 Å². The number of amides is 5. The van der Waals surface area contributed by atoms with E-state index in [0.717, 1.165) is 22.0 Å². The molecule has 2 rings (SSSR count). The van der Waals surface area contributed by atoms with Crippen molar-refractivity contribution in [2.75, 3.05) is 13.1 Å². The molecule has 5 N–H and O–H groups in total. The summed E-state index contributed by atoms with van der Waals surface area (Å²) in [4.78, 5) is 90.0. The Balaban J connectivity index is 1.94. The van der Waals surface area contributed by atoms with Crippen LogP contribution < -0.4 is 26.6 Å². The first-order chi connectivity index (χ1) is 27.3. The standard InChI is InChI=1S/C43H68IN5O10/c1-27(50)32(48-39(55)49-33(38(54)58-42(5,6)7)21-22-35(51)57-41(2,3)4)16-11-12-23-45-37(53)34(25-29-14-13-15-31(44)24-29)47-36(52)30-19-17-28(18-20-30)26-46-40(56)59-43(8,9)10/h13-15,24,28,30,32-34H,11-12,16-23,25-26H2,1-10H3,(H,45,53)(H,46,56)(H,47,52)(H2,48,49,55)/t28-,30-,32-,33-,34-/m0/s1. The first-order valence-corrected chi connectivity index (χ1v) is 21.7. The Hall–Kier alpha value is -3.96. The number of nitrogens with one attached hydrogen (secondary N) is 5. The molecule has 0 spiro atoms. The minimum Gasteiger partial charge on any atom is -0.460 e. The molecule has 0 heterocycles. The number of rotatable bonds is 19. The van der Waals surface area contributed by atoms with Gasteiger partial charge in [0, 0.05) is 35.4 Å². The summed E-state index contributed by atoms with van der Waals surface area (Å²) < 4.78 is 17.1. The maximum atomic E-state index is 13.5. The van der Waals surface area contributed by atoms with Crippen molar-refractivity contribution in [3.63, 3.8) is 0 Å². The van der Waals surface area contributed by atoms with Gasteiger partial charge in [-0.25, -0.2) is 14.4 Å². The maximum absolute atomic E-state index is 13.5. The molecule has 1 aromatic carbocycles. The number of esters is 2. The number of hydrogen-bond donors (Lipinski definition) is 5. The summed E-state index contributed by atoms with van der Waals surface area (Å²) in [6, 6.07) is 4.13. The Morgan fingerprint density at radius 3 is 1.92 bits per heavy atom. The molecular formula is C43H68IN5O10. The van der Waals surface area contributed by atoms with Gasteiger partial charge in [-0.05, 0) is 167 Å². The molecule has 0 aromatic heterocycles. The van der Waals surface area contributed by atoms with E-state index in [1.807, 2.05) is 45.0 Å². The predicted molar refractivity (Wildman–Crippen MR) is 232 cm³/mol. The molecule has 0 saturated heterocycles. The summed E-state index contributed by atoms with van der Waals surface area (Å²) in [7, 11) is 0. The molecule has 16 heteroatoms. The van der Waals surface area contributed by atoms with Crippen molar-refractivity contribution < 1.29 is 47.8 Å². The molecule has 0 aliphatic heterocycles. The minimum atomic E-state index is -1.17. The molecule has 0 radical (unpaired) electrons. The van der Waals surface area contributed by atoms with E-state index in [9.17, 15) is 33.6 Å². The van der Waals surface area contributed by atoms with Gasteiger partial charge in [-0.3, -0.25) is 19.2 Å². The summed E-state index contributed by atoms with van der Waals surface area (Å²) in [5, 5.41) is 14.0. The Morgan fingerprint density at radius 1 is 0.729 bits per heavy atom. The summed E-state index contributed by atoms with van der Waals surface area (Å²) in [6.45, 7) is 17.8. The van der Waals surface area contributed by atoms with Crippen LogP contribution in [0.2, 0.25) is 0 Å². The van der Waals surface area contributed by atoms with Crippen LogP contribution in [-0.4, -0.2) is 89.7 Å². The van der Waals surface area contributed by atoms with E-state index in [-0.39, 0.29) is 55.2 Å². The van der Waals surface area contributed by atoms with E-state index in [4.69, 9.17) is 14.2 Å². The molecule has 0 unspecified atom stereocenters. The van der Waals surface area contributed by atoms with Crippen molar-refractivity contribution >= 4 is 64.3 Å². The fourth-order valence-electron chi connectivity index (χ4n) is 6.39. The third kappa shape index (κ3) is 22.3. The lowest BCUT2D eigenvalue weighted by molar-refractivity contribution is -0.158. The summed E-state index contributed by atoms with van der Waals surface area (Å²) >= 11 is 2.21. The molecule has 0 bridgehead atoms. The van der Waals surface area contributed by atoms with Crippen LogP contribution >= 0.6 is 22.6 Å². The number of benzene rings is 1. The molecular weight excluding hydrogens is 873 g/mol. The topological polar surface area (TPSA) is 207 Å². The van der Waals surface area contributed by atoms with Crippen LogP contribution in [0.25, 0.3) is 0 Å². The Labute approximate surface area is 363 Å². The van der Waals surface area contributed by atoms with Crippen LogP contribution in [0, 0.1) is 15.4 Å². The molecule has 1 saturated carbocycles. The molecule has 1 fully saturated rings. The van der Waals surface area contributed by atoms with Crippen LogP contribution in [0.1, 0.15) is 133 Å². The van der Waals surface area contributed by atoms with Crippen molar-refractivity contribution in [3.8, 4) is 0 Å². The average Bonchev–Trinajstić information content (AvgIpc) is 3.09. The third-order valence-corrected chi connectivity index (χ3v) is 9.85. The Kier molecular flexibility index (Phi) is 20.6. The fraction of sp³-hybridized carbons (Fsp3) is 0.698. The molecule has 3 atom stereocenters. The zero-order valence-electron chi connectivity index (χ0n) is 36.6. The molecule has 1 aliphatic carbocycles. The molecule has 1 aromatic rings. The van der Waals surface area contributed by atoms with Gasteiger partial charge in [0.2, 0.25) is 11.8 Å². The highest BCUT2D eigenvalue weighted by Crippen LogP contribution is 2.29.